The Kier molecular flexibility index (Phi) is 5.77. The van der Waals surface area contributed by atoms with E-state index in [0.717, 1.165) is 11.3 Å². The van der Waals surface area contributed by atoms with Crippen molar-refractivity contribution in [3.8, 4) is 5.75 Å². The second kappa shape index (κ2) is 7.10. The molecule has 0 heterocycles. The lowest BCUT2D eigenvalue weighted by Gasteiger charge is -2.24. The number of nitrogens with zero attached hydrogens (tertiary/aromatic N) is 1. The maximum Gasteiger partial charge on any atom is 0.246 e. The second-order valence-corrected chi connectivity index (χ2v) is 5.34. The van der Waals surface area contributed by atoms with Gasteiger partial charge in [0.25, 0.3) is 0 Å². The summed E-state index contributed by atoms with van der Waals surface area (Å²) < 4.78 is 5.35. The molecule has 1 aromatic rings. The molecule has 0 unspecified atom stereocenters. The van der Waals surface area contributed by atoms with E-state index in [4.69, 9.17) is 4.74 Å². The molecule has 0 radical (unpaired) electrons. The van der Waals surface area contributed by atoms with Gasteiger partial charge in [-0.15, -0.1) is 0 Å². The van der Waals surface area contributed by atoms with Crippen LogP contribution in [0.25, 0.3) is 6.08 Å². The van der Waals surface area contributed by atoms with E-state index >= 15 is 0 Å². The Hall–Kier alpha value is -1.81. The maximum atomic E-state index is 11.9. The topological polar surface area (TPSA) is 49.8 Å². The lowest BCUT2D eigenvalue weighted by molar-refractivity contribution is -0.127. The fraction of sp³-hybridized carbons (Fsp3) is 0.438. The summed E-state index contributed by atoms with van der Waals surface area (Å²) in [6.07, 6.45) is 3.25. The summed E-state index contributed by atoms with van der Waals surface area (Å²) in [5.74, 6) is 0.677. The van der Waals surface area contributed by atoms with E-state index in [-0.39, 0.29) is 5.91 Å². The summed E-state index contributed by atoms with van der Waals surface area (Å²) in [6, 6.07) is 7.53. The van der Waals surface area contributed by atoms with Crippen molar-refractivity contribution in [3.05, 3.63) is 35.9 Å². The largest absolute Gasteiger partial charge is 0.494 e. The molecule has 1 aromatic carbocycles. The van der Waals surface area contributed by atoms with Gasteiger partial charge in [-0.3, -0.25) is 4.79 Å². The van der Waals surface area contributed by atoms with E-state index in [1.54, 1.807) is 27.0 Å². The number of amides is 1. The number of rotatable bonds is 6. The van der Waals surface area contributed by atoms with Crippen molar-refractivity contribution in [1.82, 2.24) is 4.90 Å². The van der Waals surface area contributed by atoms with Crippen LogP contribution in [-0.2, 0) is 4.79 Å². The first-order valence-corrected chi connectivity index (χ1v) is 6.70. The highest BCUT2D eigenvalue weighted by Gasteiger charge is 2.17. The number of hydrogen-bond acceptors (Lipinski definition) is 3. The smallest absolute Gasteiger partial charge is 0.246 e. The van der Waals surface area contributed by atoms with Gasteiger partial charge in [0.15, 0.2) is 0 Å². The molecule has 1 rings (SSSR count). The molecule has 0 fully saturated rings. The van der Waals surface area contributed by atoms with Crippen molar-refractivity contribution >= 4 is 12.0 Å². The van der Waals surface area contributed by atoms with Gasteiger partial charge in [-0.25, -0.2) is 0 Å². The Morgan fingerprint density at radius 2 is 1.95 bits per heavy atom. The Balaban J connectivity index is 2.60. The first kappa shape index (κ1) is 16.2. The van der Waals surface area contributed by atoms with E-state index < -0.39 is 5.60 Å². The normalized spacial score (nSPS) is 11.7. The third-order valence-electron chi connectivity index (χ3n) is 2.61. The van der Waals surface area contributed by atoms with Crippen LogP contribution < -0.4 is 4.74 Å². The van der Waals surface area contributed by atoms with Gasteiger partial charge >= 0.3 is 0 Å². The number of likely N-dealkylation sites (N-methyl/N-ethyl adjacent to an activating group) is 1. The van der Waals surface area contributed by atoms with Crippen LogP contribution in [0.3, 0.4) is 0 Å². The first-order valence-electron chi connectivity index (χ1n) is 6.70. The first-order chi connectivity index (χ1) is 9.31. The minimum Gasteiger partial charge on any atom is -0.494 e. The van der Waals surface area contributed by atoms with Gasteiger partial charge in [0, 0.05) is 19.7 Å². The summed E-state index contributed by atoms with van der Waals surface area (Å²) in [4.78, 5) is 13.4. The molecule has 0 aliphatic rings. The van der Waals surface area contributed by atoms with E-state index in [0.29, 0.717) is 13.2 Å². The van der Waals surface area contributed by atoms with Crippen LogP contribution in [0.5, 0.6) is 5.75 Å². The van der Waals surface area contributed by atoms with Crippen LogP contribution in [0.2, 0.25) is 0 Å². The molecule has 0 saturated carbocycles. The number of carbonyl (C=O) groups is 1. The SMILES string of the molecule is CCOc1ccc(C=CC(=O)N(C)CC(C)(C)O)cc1. The molecule has 110 valence electrons. The molecule has 0 spiro atoms. The van der Waals surface area contributed by atoms with E-state index in [2.05, 4.69) is 0 Å². The van der Waals surface area contributed by atoms with Crippen molar-refractivity contribution in [1.29, 1.82) is 0 Å². The number of ether oxygens (including phenoxy) is 1. The summed E-state index contributed by atoms with van der Waals surface area (Å²) in [5.41, 5.74) is 0.0377. The predicted molar refractivity (Wildman–Crippen MR) is 80.6 cm³/mol. The molecule has 0 bridgehead atoms. The van der Waals surface area contributed by atoms with Crippen LogP contribution in [0, 0.1) is 0 Å². The highest BCUT2D eigenvalue weighted by Crippen LogP contribution is 2.13. The predicted octanol–water partition coefficient (Wildman–Crippen LogP) is 2.33. The van der Waals surface area contributed by atoms with Gasteiger partial charge in [0.1, 0.15) is 5.75 Å². The second-order valence-electron chi connectivity index (χ2n) is 5.34. The fourth-order valence-electron chi connectivity index (χ4n) is 1.79. The van der Waals surface area contributed by atoms with Gasteiger partial charge in [-0.1, -0.05) is 12.1 Å². The van der Waals surface area contributed by atoms with Crippen LogP contribution in [-0.4, -0.2) is 41.7 Å². The molecule has 0 atom stereocenters. The molecule has 4 heteroatoms. The quantitative estimate of drug-likeness (QED) is 0.812. The zero-order valence-electron chi connectivity index (χ0n) is 12.6. The van der Waals surface area contributed by atoms with Crippen LogP contribution in [0.1, 0.15) is 26.3 Å². The Morgan fingerprint density at radius 1 is 1.35 bits per heavy atom. The molecule has 1 N–H and O–H groups in total. The molecule has 0 saturated heterocycles. The van der Waals surface area contributed by atoms with E-state index in [1.807, 2.05) is 31.2 Å². The Labute approximate surface area is 120 Å². The molecular weight excluding hydrogens is 254 g/mol. The number of carbonyl (C=O) groups excluding carboxylic acids is 1. The highest BCUT2D eigenvalue weighted by atomic mass is 16.5. The molecule has 0 aliphatic heterocycles. The molecule has 0 aliphatic carbocycles. The molecule has 0 aromatic heterocycles. The van der Waals surface area contributed by atoms with Crippen molar-refractivity contribution in [3.63, 3.8) is 0 Å². The fourth-order valence-corrected chi connectivity index (χ4v) is 1.79. The third-order valence-corrected chi connectivity index (χ3v) is 2.61. The molecule has 1 amide bonds. The zero-order chi connectivity index (χ0) is 15.2. The average molecular weight is 277 g/mol. The zero-order valence-corrected chi connectivity index (χ0v) is 12.6. The van der Waals surface area contributed by atoms with E-state index in [9.17, 15) is 9.90 Å². The van der Waals surface area contributed by atoms with E-state index in [1.165, 1.54) is 11.0 Å². The van der Waals surface area contributed by atoms with Crippen LogP contribution >= 0.6 is 0 Å². The average Bonchev–Trinajstić information content (AvgIpc) is 2.36. The van der Waals surface area contributed by atoms with Gasteiger partial charge in [-0.2, -0.15) is 0 Å². The van der Waals surface area contributed by atoms with Gasteiger partial charge in [0.05, 0.1) is 12.2 Å². The number of aliphatic hydroxyl groups is 1. The number of benzene rings is 1. The summed E-state index contributed by atoms with van der Waals surface area (Å²) in [7, 11) is 1.67. The minimum atomic E-state index is -0.891. The molecule has 4 nitrogen and oxygen atoms in total. The third kappa shape index (κ3) is 5.89. The standard InChI is InChI=1S/C16H23NO3/c1-5-20-14-9-6-13(7-10-14)8-11-15(18)17(4)12-16(2,3)19/h6-11,19H,5,12H2,1-4H3. The lowest BCUT2D eigenvalue weighted by atomic mass is 10.1. The van der Waals surface area contributed by atoms with Gasteiger partial charge < -0.3 is 14.7 Å². The van der Waals surface area contributed by atoms with Crippen molar-refractivity contribution < 1.29 is 14.6 Å². The summed E-state index contributed by atoms with van der Waals surface area (Å²) in [5, 5.41) is 9.67. The van der Waals surface area contributed by atoms with Gasteiger partial charge in [0.2, 0.25) is 5.91 Å². The monoisotopic (exact) mass is 277 g/mol. The Morgan fingerprint density at radius 3 is 2.45 bits per heavy atom. The summed E-state index contributed by atoms with van der Waals surface area (Å²) in [6.45, 7) is 6.21. The molecular formula is C16H23NO3. The number of hydrogen-bond donors (Lipinski definition) is 1. The van der Waals surface area contributed by atoms with Crippen molar-refractivity contribution in [2.45, 2.75) is 26.4 Å². The van der Waals surface area contributed by atoms with Gasteiger partial charge in [-0.05, 0) is 44.5 Å². The van der Waals surface area contributed by atoms with Crippen LogP contribution in [0.4, 0.5) is 0 Å². The lowest BCUT2D eigenvalue weighted by Crippen LogP contribution is -2.38. The maximum absolute atomic E-state index is 11.9. The van der Waals surface area contributed by atoms with Crippen molar-refractivity contribution in [2.24, 2.45) is 0 Å². The van der Waals surface area contributed by atoms with Crippen molar-refractivity contribution in [2.75, 3.05) is 20.2 Å². The minimum absolute atomic E-state index is 0.138. The summed E-state index contributed by atoms with van der Waals surface area (Å²) >= 11 is 0. The Bertz CT molecular complexity index is 458. The van der Waals surface area contributed by atoms with Crippen LogP contribution in [0.15, 0.2) is 30.3 Å². The highest BCUT2D eigenvalue weighted by molar-refractivity contribution is 5.91. The molecule has 20 heavy (non-hydrogen) atoms.